The van der Waals surface area contributed by atoms with Crippen LogP contribution in [0, 0.1) is 5.41 Å². The highest BCUT2D eigenvalue weighted by molar-refractivity contribution is 6.71. The molecule has 86 valence electrons. The average molecular weight is 218 g/mol. The Kier molecular flexibility index (Phi) is 5.94. The van der Waals surface area contributed by atoms with Crippen molar-refractivity contribution in [1.82, 2.24) is 0 Å². The van der Waals surface area contributed by atoms with Crippen molar-refractivity contribution >= 4 is 8.32 Å². The minimum absolute atomic E-state index is 0.148. The first-order chi connectivity index (χ1) is 6.33. The quantitative estimate of drug-likeness (QED) is 0.611. The Bertz CT molecular complexity index is 155. The number of hydrogen-bond acceptors (Lipinski definition) is 2. The Balaban J connectivity index is 3.85. The second-order valence-electron chi connectivity index (χ2n) is 5.20. The molecular formula is C11H26O2Si. The van der Waals surface area contributed by atoms with Crippen LogP contribution in [0.15, 0.2) is 0 Å². The van der Waals surface area contributed by atoms with E-state index < -0.39 is 8.32 Å². The van der Waals surface area contributed by atoms with Gasteiger partial charge in [-0.1, -0.05) is 20.8 Å². The molecule has 14 heavy (non-hydrogen) atoms. The van der Waals surface area contributed by atoms with Crippen LogP contribution in [0.4, 0.5) is 0 Å². The summed E-state index contributed by atoms with van der Waals surface area (Å²) in [6, 6.07) is 1.18. The van der Waals surface area contributed by atoms with E-state index in [2.05, 4.69) is 33.9 Å². The van der Waals surface area contributed by atoms with Gasteiger partial charge in [-0.15, -0.1) is 0 Å². The van der Waals surface area contributed by atoms with Gasteiger partial charge >= 0.3 is 0 Å². The average Bonchev–Trinajstić information content (AvgIpc) is 2.12. The van der Waals surface area contributed by atoms with Crippen molar-refractivity contribution in [1.29, 1.82) is 0 Å². The lowest BCUT2D eigenvalue weighted by atomic mass is 9.97. The number of rotatable bonds is 7. The highest BCUT2D eigenvalue weighted by Gasteiger charge is 2.25. The van der Waals surface area contributed by atoms with Gasteiger partial charge in [0.25, 0.3) is 0 Å². The second-order valence-corrected chi connectivity index (χ2v) is 9.72. The molecule has 3 heteroatoms. The third kappa shape index (κ3) is 6.57. The van der Waals surface area contributed by atoms with Gasteiger partial charge in [0.1, 0.15) is 0 Å². The van der Waals surface area contributed by atoms with Gasteiger partial charge in [0, 0.05) is 18.6 Å². The summed E-state index contributed by atoms with van der Waals surface area (Å²) in [4.78, 5) is 0. The summed E-state index contributed by atoms with van der Waals surface area (Å²) < 4.78 is 11.4. The van der Waals surface area contributed by atoms with Gasteiger partial charge in [0.15, 0.2) is 8.32 Å². The van der Waals surface area contributed by atoms with Gasteiger partial charge in [-0.3, -0.25) is 0 Å². The lowest BCUT2D eigenvalue weighted by molar-refractivity contribution is 0.0386. The molecule has 0 N–H and O–H groups in total. The molecule has 0 bridgehead atoms. The molecule has 0 spiro atoms. The normalized spacial score (nSPS) is 13.3. The van der Waals surface area contributed by atoms with Crippen molar-refractivity contribution in [3.05, 3.63) is 0 Å². The summed E-state index contributed by atoms with van der Waals surface area (Å²) in [6.45, 7) is 15.6. The molecule has 0 fully saturated rings. The fourth-order valence-corrected chi connectivity index (χ4v) is 1.90. The van der Waals surface area contributed by atoms with Crippen LogP contribution in [0.1, 0.15) is 27.7 Å². The summed E-state index contributed by atoms with van der Waals surface area (Å²) in [5.74, 6) is 0. The number of ether oxygens (including phenoxy) is 1. The van der Waals surface area contributed by atoms with Crippen molar-refractivity contribution in [3.63, 3.8) is 0 Å². The van der Waals surface area contributed by atoms with Crippen LogP contribution in [0.3, 0.4) is 0 Å². The Morgan fingerprint density at radius 3 is 2.07 bits per heavy atom. The summed E-state index contributed by atoms with van der Waals surface area (Å²) in [5.41, 5.74) is 0.148. The van der Waals surface area contributed by atoms with Crippen LogP contribution in [0.2, 0.25) is 19.1 Å². The van der Waals surface area contributed by atoms with Crippen molar-refractivity contribution in [2.75, 3.05) is 19.8 Å². The summed E-state index contributed by atoms with van der Waals surface area (Å²) in [7, 11) is -1.38. The van der Waals surface area contributed by atoms with Gasteiger partial charge in [0.2, 0.25) is 0 Å². The standard InChI is InChI=1S/C11H26O2Si/c1-7-12-9-11(3,4)10-13-14(5,6)8-2/h7-10H2,1-6H3. The molecule has 0 unspecified atom stereocenters. The van der Waals surface area contributed by atoms with Crippen LogP contribution in [0.25, 0.3) is 0 Å². The molecule has 0 saturated carbocycles. The zero-order chi connectivity index (χ0) is 11.2. The Morgan fingerprint density at radius 2 is 1.64 bits per heavy atom. The molecule has 0 aliphatic heterocycles. The van der Waals surface area contributed by atoms with Gasteiger partial charge in [-0.25, -0.2) is 0 Å². The molecule has 0 heterocycles. The predicted molar refractivity (Wildman–Crippen MR) is 64.2 cm³/mol. The molecule has 0 rings (SSSR count). The van der Waals surface area contributed by atoms with Crippen LogP contribution in [-0.4, -0.2) is 28.1 Å². The van der Waals surface area contributed by atoms with Gasteiger partial charge in [-0.2, -0.15) is 0 Å². The lowest BCUT2D eigenvalue weighted by Gasteiger charge is -2.30. The fourth-order valence-electron chi connectivity index (χ4n) is 0.913. The van der Waals surface area contributed by atoms with E-state index in [0.717, 1.165) is 19.8 Å². The third-order valence-corrected chi connectivity index (χ3v) is 5.03. The number of hydrogen-bond donors (Lipinski definition) is 0. The smallest absolute Gasteiger partial charge is 0.186 e. The first-order valence-corrected chi connectivity index (χ1v) is 8.66. The molecule has 0 atom stereocenters. The topological polar surface area (TPSA) is 18.5 Å². The minimum Gasteiger partial charge on any atom is -0.417 e. The molecule has 2 nitrogen and oxygen atoms in total. The van der Waals surface area contributed by atoms with Crippen molar-refractivity contribution in [3.8, 4) is 0 Å². The molecule has 0 saturated heterocycles. The van der Waals surface area contributed by atoms with Crippen LogP contribution < -0.4 is 0 Å². The first kappa shape index (κ1) is 14.1. The van der Waals surface area contributed by atoms with E-state index >= 15 is 0 Å². The van der Waals surface area contributed by atoms with Crippen molar-refractivity contribution < 1.29 is 9.16 Å². The first-order valence-electron chi connectivity index (χ1n) is 5.55. The third-order valence-electron chi connectivity index (χ3n) is 2.40. The summed E-state index contributed by atoms with van der Waals surface area (Å²) in [6.07, 6.45) is 0. The van der Waals surface area contributed by atoms with Gasteiger partial charge < -0.3 is 9.16 Å². The summed E-state index contributed by atoms with van der Waals surface area (Å²) in [5, 5.41) is 0. The Labute approximate surface area is 90.1 Å². The monoisotopic (exact) mass is 218 g/mol. The van der Waals surface area contributed by atoms with E-state index in [1.54, 1.807) is 0 Å². The maximum Gasteiger partial charge on any atom is 0.186 e. The maximum atomic E-state index is 6.00. The Morgan fingerprint density at radius 1 is 1.07 bits per heavy atom. The molecule has 0 aliphatic carbocycles. The minimum atomic E-state index is -1.38. The van der Waals surface area contributed by atoms with Crippen molar-refractivity contribution in [2.45, 2.75) is 46.8 Å². The largest absolute Gasteiger partial charge is 0.417 e. The fraction of sp³-hybridized carbons (Fsp3) is 1.00. The Hall–Kier alpha value is 0.137. The summed E-state index contributed by atoms with van der Waals surface area (Å²) >= 11 is 0. The van der Waals surface area contributed by atoms with E-state index in [1.807, 2.05) is 6.92 Å². The molecule has 0 radical (unpaired) electrons. The second kappa shape index (κ2) is 5.88. The molecule has 0 aromatic heterocycles. The van der Waals surface area contributed by atoms with Crippen LogP contribution in [0.5, 0.6) is 0 Å². The van der Waals surface area contributed by atoms with E-state index in [9.17, 15) is 0 Å². The van der Waals surface area contributed by atoms with Crippen LogP contribution in [-0.2, 0) is 9.16 Å². The van der Waals surface area contributed by atoms with E-state index in [0.29, 0.717) is 0 Å². The maximum absolute atomic E-state index is 6.00. The van der Waals surface area contributed by atoms with E-state index in [4.69, 9.17) is 9.16 Å². The van der Waals surface area contributed by atoms with Crippen LogP contribution >= 0.6 is 0 Å². The van der Waals surface area contributed by atoms with E-state index in [-0.39, 0.29) is 5.41 Å². The molecule has 0 aromatic carbocycles. The predicted octanol–water partition coefficient (Wildman–Crippen LogP) is 3.29. The van der Waals surface area contributed by atoms with Gasteiger partial charge in [0.05, 0.1) is 6.61 Å². The zero-order valence-electron chi connectivity index (χ0n) is 10.6. The van der Waals surface area contributed by atoms with Crippen molar-refractivity contribution in [2.24, 2.45) is 5.41 Å². The highest BCUT2D eigenvalue weighted by Crippen LogP contribution is 2.20. The molecular weight excluding hydrogens is 192 g/mol. The van der Waals surface area contributed by atoms with E-state index in [1.165, 1.54) is 6.04 Å². The molecule has 0 aromatic rings. The molecule has 0 aliphatic rings. The SMILES string of the molecule is CCOCC(C)(C)CO[Si](C)(C)CC. The zero-order valence-corrected chi connectivity index (χ0v) is 11.6. The lowest BCUT2D eigenvalue weighted by Crippen LogP contribution is -2.36. The van der Waals surface area contributed by atoms with Gasteiger partial charge in [-0.05, 0) is 26.1 Å². The highest BCUT2D eigenvalue weighted by atomic mass is 28.4. The molecule has 0 amide bonds.